The van der Waals surface area contributed by atoms with Gasteiger partial charge in [-0.3, -0.25) is 4.90 Å². The van der Waals surface area contributed by atoms with E-state index in [2.05, 4.69) is 29.8 Å². The topological polar surface area (TPSA) is 25.4 Å². The fraction of sp³-hybridized carbons (Fsp3) is 0.643. The van der Waals surface area contributed by atoms with Crippen molar-refractivity contribution < 1.29 is 4.74 Å². The van der Waals surface area contributed by atoms with Crippen molar-refractivity contribution in [1.29, 1.82) is 0 Å². The molecule has 1 aromatic rings. The third-order valence-electron chi connectivity index (χ3n) is 3.63. The Kier molecular flexibility index (Phi) is 4.00. The molecule has 3 heteroatoms. The van der Waals surface area contributed by atoms with Gasteiger partial charge in [-0.25, -0.2) is 4.98 Å². The molecule has 1 atom stereocenters. The molecule has 0 fully saturated rings. The average Bonchev–Trinajstić information content (AvgIpc) is 2.37. The van der Waals surface area contributed by atoms with Crippen molar-refractivity contribution in [1.82, 2.24) is 9.88 Å². The molecule has 17 heavy (non-hydrogen) atoms. The minimum atomic E-state index is 0.490. The number of fused-ring (bicyclic) bond motifs is 1. The summed E-state index contributed by atoms with van der Waals surface area (Å²) < 4.78 is 5.18. The number of hydrogen-bond acceptors (Lipinski definition) is 3. The molecule has 94 valence electrons. The maximum Gasteiger partial charge on any atom is 0.213 e. The van der Waals surface area contributed by atoms with Gasteiger partial charge < -0.3 is 4.74 Å². The Morgan fingerprint density at radius 2 is 2.29 bits per heavy atom. The summed E-state index contributed by atoms with van der Waals surface area (Å²) in [6, 6.07) is 4.63. The monoisotopic (exact) mass is 234 g/mol. The molecule has 0 saturated heterocycles. The molecule has 0 aliphatic carbocycles. The van der Waals surface area contributed by atoms with E-state index in [1.54, 1.807) is 7.11 Å². The van der Waals surface area contributed by atoms with Crippen LogP contribution in [0, 0.1) is 0 Å². The summed E-state index contributed by atoms with van der Waals surface area (Å²) >= 11 is 0. The highest BCUT2D eigenvalue weighted by Crippen LogP contribution is 2.29. The summed E-state index contributed by atoms with van der Waals surface area (Å²) in [6.07, 6.45) is 3.58. The zero-order chi connectivity index (χ0) is 12.3. The van der Waals surface area contributed by atoms with Crippen LogP contribution >= 0.6 is 0 Å². The molecular formula is C14H22N2O. The Balaban J connectivity index is 2.15. The van der Waals surface area contributed by atoms with Crippen LogP contribution in [0.2, 0.25) is 0 Å². The zero-order valence-corrected chi connectivity index (χ0v) is 11.1. The summed E-state index contributed by atoms with van der Waals surface area (Å²) in [4.78, 5) is 7.10. The van der Waals surface area contributed by atoms with Crippen LogP contribution in [0.4, 0.5) is 0 Å². The molecule has 0 amide bonds. The van der Waals surface area contributed by atoms with Crippen molar-refractivity contribution in [2.75, 3.05) is 20.2 Å². The molecular weight excluding hydrogens is 212 g/mol. The van der Waals surface area contributed by atoms with Crippen molar-refractivity contribution in [2.45, 2.75) is 39.2 Å². The van der Waals surface area contributed by atoms with E-state index in [1.807, 2.05) is 6.07 Å². The summed E-state index contributed by atoms with van der Waals surface area (Å²) in [7, 11) is 1.68. The number of rotatable bonds is 4. The van der Waals surface area contributed by atoms with Gasteiger partial charge in [-0.2, -0.15) is 0 Å². The number of nitrogens with zero attached hydrogens (tertiary/aromatic N) is 2. The van der Waals surface area contributed by atoms with E-state index in [1.165, 1.54) is 30.6 Å². The van der Waals surface area contributed by atoms with E-state index in [0.29, 0.717) is 6.04 Å². The quantitative estimate of drug-likeness (QED) is 0.801. The normalized spacial score (nSPS) is 20.1. The Bertz CT molecular complexity index is 378. The number of methoxy groups -OCH3 is 1. The van der Waals surface area contributed by atoms with Crippen molar-refractivity contribution >= 4 is 0 Å². The Morgan fingerprint density at radius 1 is 1.47 bits per heavy atom. The fourth-order valence-corrected chi connectivity index (χ4v) is 2.49. The predicted molar refractivity (Wildman–Crippen MR) is 69.4 cm³/mol. The maximum atomic E-state index is 5.18. The average molecular weight is 234 g/mol. The Hall–Kier alpha value is -1.09. The van der Waals surface area contributed by atoms with Gasteiger partial charge in [0.05, 0.1) is 12.8 Å². The van der Waals surface area contributed by atoms with Crippen LogP contribution in [0.1, 0.15) is 44.0 Å². The lowest BCUT2D eigenvalue weighted by molar-refractivity contribution is 0.193. The molecule has 1 unspecified atom stereocenters. The smallest absolute Gasteiger partial charge is 0.213 e. The molecule has 3 nitrogen and oxygen atoms in total. The van der Waals surface area contributed by atoms with Crippen LogP contribution in [-0.2, 0) is 6.42 Å². The summed E-state index contributed by atoms with van der Waals surface area (Å²) in [5.41, 5.74) is 2.58. The second-order valence-corrected chi connectivity index (χ2v) is 4.71. The van der Waals surface area contributed by atoms with Gasteiger partial charge in [0.15, 0.2) is 0 Å². The SMILES string of the molecule is CCCCN1CCc2nc(OC)ccc2C1C. The van der Waals surface area contributed by atoms with Crippen LogP contribution in [0.5, 0.6) is 5.88 Å². The fourth-order valence-electron chi connectivity index (χ4n) is 2.49. The first-order valence-corrected chi connectivity index (χ1v) is 6.54. The number of pyridine rings is 1. The number of ether oxygens (including phenoxy) is 1. The minimum absolute atomic E-state index is 0.490. The molecule has 0 saturated carbocycles. The van der Waals surface area contributed by atoms with Gasteiger partial charge in [0, 0.05) is 25.1 Å². The van der Waals surface area contributed by atoms with E-state index >= 15 is 0 Å². The van der Waals surface area contributed by atoms with Gasteiger partial charge in [-0.1, -0.05) is 19.4 Å². The van der Waals surface area contributed by atoms with Crippen LogP contribution in [0.25, 0.3) is 0 Å². The highest BCUT2D eigenvalue weighted by molar-refractivity contribution is 5.30. The predicted octanol–water partition coefficient (Wildman–Crippen LogP) is 2.81. The first kappa shape index (κ1) is 12.4. The first-order valence-electron chi connectivity index (χ1n) is 6.54. The van der Waals surface area contributed by atoms with Gasteiger partial charge in [0.2, 0.25) is 5.88 Å². The largest absolute Gasteiger partial charge is 0.481 e. The molecule has 1 aliphatic heterocycles. The second-order valence-electron chi connectivity index (χ2n) is 4.71. The van der Waals surface area contributed by atoms with Crippen LogP contribution in [0.3, 0.4) is 0 Å². The van der Waals surface area contributed by atoms with Gasteiger partial charge in [-0.05, 0) is 25.5 Å². The van der Waals surface area contributed by atoms with Crippen molar-refractivity contribution in [3.8, 4) is 5.88 Å². The third-order valence-corrected chi connectivity index (χ3v) is 3.63. The molecule has 2 heterocycles. The van der Waals surface area contributed by atoms with Crippen molar-refractivity contribution in [2.24, 2.45) is 0 Å². The van der Waals surface area contributed by atoms with Gasteiger partial charge in [-0.15, -0.1) is 0 Å². The lowest BCUT2D eigenvalue weighted by atomic mass is 9.98. The molecule has 0 N–H and O–H groups in total. The molecule has 1 aromatic heterocycles. The maximum absolute atomic E-state index is 5.18. The third kappa shape index (κ3) is 2.60. The number of hydrogen-bond donors (Lipinski definition) is 0. The molecule has 0 bridgehead atoms. The van der Waals surface area contributed by atoms with Crippen molar-refractivity contribution in [3.05, 3.63) is 23.4 Å². The van der Waals surface area contributed by atoms with Gasteiger partial charge in [0.25, 0.3) is 0 Å². The van der Waals surface area contributed by atoms with E-state index < -0.39 is 0 Å². The molecule has 0 spiro atoms. The number of aromatic nitrogens is 1. The Labute approximate surface area is 104 Å². The lowest BCUT2D eigenvalue weighted by Gasteiger charge is -2.34. The number of unbranched alkanes of at least 4 members (excludes halogenated alkanes) is 1. The molecule has 1 aliphatic rings. The van der Waals surface area contributed by atoms with Gasteiger partial charge in [0.1, 0.15) is 0 Å². The van der Waals surface area contributed by atoms with Crippen LogP contribution in [-0.4, -0.2) is 30.1 Å². The minimum Gasteiger partial charge on any atom is -0.481 e. The zero-order valence-electron chi connectivity index (χ0n) is 11.1. The van der Waals surface area contributed by atoms with E-state index in [4.69, 9.17) is 4.74 Å². The van der Waals surface area contributed by atoms with E-state index in [9.17, 15) is 0 Å². The van der Waals surface area contributed by atoms with Gasteiger partial charge >= 0.3 is 0 Å². The summed E-state index contributed by atoms with van der Waals surface area (Å²) in [5.74, 6) is 0.734. The van der Waals surface area contributed by atoms with Crippen LogP contribution in [0.15, 0.2) is 12.1 Å². The van der Waals surface area contributed by atoms with E-state index in [-0.39, 0.29) is 0 Å². The lowest BCUT2D eigenvalue weighted by Crippen LogP contribution is -2.35. The van der Waals surface area contributed by atoms with Crippen molar-refractivity contribution in [3.63, 3.8) is 0 Å². The first-order chi connectivity index (χ1) is 8.26. The highest BCUT2D eigenvalue weighted by atomic mass is 16.5. The molecule has 0 aromatic carbocycles. The summed E-state index contributed by atoms with van der Waals surface area (Å²) in [6.45, 7) is 6.84. The molecule has 2 rings (SSSR count). The summed E-state index contributed by atoms with van der Waals surface area (Å²) in [5, 5.41) is 0. The second kappa shape index (κ2) is 5.50. The standard InChI is InChI=1S/C14H22N2O/c1-4-5-9-16-10-8-13-12(11(16)2)6-7-14(15-13)17-3/h6-7,11H,4-5,8-10H2,1-3H3. The Morgan fingerprint density at radius 3 is 3.00 bits per heavy atom. The van der Waals surface area contributed by atoms with Crippen LogP contribution < -0.4 is 4.74 Å². The molecule has 0 radical (unpaired) electrons. The highest BCUT2D eigenvalue weighted by Gasteiger charge is 2.24. The van der Waals surface area contributed by atoms with E-state index in [0.717, 1.165) is 18.8 Å².